The minimum absolute atomic E-state index is 0.320. The topological polar surface area (TPSA) is 50.7 Å². The van der Waals surface area contributed by atoms with Gasteiger partial charge in [0.15, 0.2) is 0 Å². The number of hydrogen-bond acceptors (Lipinski definition) is 4. The second-order valence-electron chi connectivity index (χ2n) is 5.62. The van der Waals surface area contributed by atoms with Gasteiger partial charge in [-0.25, -0.2) is 9.97 Å². The summed E-state index contributed by atoms with van der Waals surface area (Å²) in [7, 11) is 0. The zero-order chi connectivity index (χ0) is 15.2. The van der Waals surface area contributed by atoms with E-state index in [-0.39, 0.29) is 0 Å². The summed E-state index contributed by atoms with van der Waals surface area (Å²) in [6, 6.07) is 4.05. The molecule has 0 amide bonds. The van der Waals surface area contributed by atoms with E-state index in [1.54, 1.807) is 6.20 Å². The van der Waals surface area contributed by atoms with E-state index >= 15 is 0 Å². The van der Waals surface area contributed by atoms with Crippen LogP contribution in [0.1, 0.15) is 55.8 Å². The van der Waals surface area contributed by atoms with E-state index in [0.717, 1.165) is 42.3 Å². The quantitative estimate of drug-likeness (QED) is 0.878. The van der Waals surface area contributed by atoms with Crippen LogP contribution in [-0.2, 0) is 6.42 Å². The van der Waals surface area contributed by atoms with Gasteiger partial charge in [0.25, 0.3) is 0 Å². The average Bonchev–Trinajstić information content (AvgIpc) is 2.49. The van der Waals surface area contributed by atoms with Gasteiger partial charge in [-0.3, -0.25) is 4.98 Å². The third-order valence-electron chi connectivity index (χ3n) is 3.42. The molecule has 2 aromatic rings. The van der Waals surface area contributed by atoms with Crippen LogP contribution in [0.2, 0.25) is 0 Å². The van der Waals surface area contributed by atoms with Crippen molar-refractivity contribution in [1.82, 2.24) is 15.0 Å². The van der Waals surface area contributed by atoms with Crippen LogP contribution in [0.25, 0.3) is 0 Å². The molecule has 112 valence electrons. The highest BCUT2D eigenvalue weighted by Gasteiger charge is 2.13. The van der Waals surface area contributed by atoms with Gasteiger partial charge < -0.3 is 5.32 Å². The Kier molecular flexibility index (Phi) is 5.26. The van der Waals surface area contributed by atoms with E-state index in [1.807, 2.05) is 12.3 Å². The number of aromatic nitrogens is 3. The molecule has 0 fully saturated rings. The molecule has 0 atom stereocenters. The van der Waals surface area contributed by atoms with Crippen LogP contribution >= 0.6 is 0 Å². The Balaban J connectivity index is 2.36. The van der Waals surface area contributed by atoms with E-state index in [0.29, 0.717) is 5.92 Å². The van der Waals surface area contributed by atoms with E-state index in [1.165, 1.54) is 5.56 Å². The van der Waals surface area contributed by atoms with E-state index < -0.39 is 0 Å². The fourth-order valence-electron chi connectivity index (χ4n) is 2.12. The van der Waals surface area contributed by atoms with Gasteiger partial charge in [0.2, 0.25) is 0 Å². The molecule has 0 radical (unpaired) electrons. The van der Waals surface area contributed by atoms with Crippen LogP contribution in [0.3, 0.4) is 0 Å². The van der Waals surface area contributed by atoms with Crippen molar-refractivity contribution < 1.29 is 0 Å². The molecule has 0 aliphatic rings. The molecule has 2 aromatic heterocycles. The van der Waals surface area contributed by atoms with Crippen molar-refractivity contribution in [2.24, 2.45) is 0 Å². The molecular formula is C17H24N4. The summed E-state index contributed by atoms with van der Waals surface area (Å²) in [5, 5.41) is 3.42. The third kappa shape index (κ3) is 4.00. The maximum atomic E-state index is 4.76. The molecule has 21 heavy (non-hydrogen) atoms. The zero-order valence-electron chi connectivity index (χ0n) is 13.3. The van der Waals surface area contributed by atoms with Crippen molar-refractivity contribution >= 4 is 5.82 Å². The molecule has 0 aromatic carbocycles. The average molecular weight is 284 g/mol. The second-order valence-corrected chi connectivity index (χ2v) is 5.62. The molecule has 2 rings (SSSR count). The minimum atomic E-state index is 0.320. The van der Waals surface area contributed by atoms with E-state index in [2.05, 4.69) is 49.0 Å². The molecular weight excluding hydrogens is 260 g/mol. The smallest absolute Gasteiger partial charge is 0.133 e. The third-order valence-corrected chi connectivity index (χ3v) is 3.42. The monoisotopic (exact) mass is 284 g/mol. The molecule has 0 saturated carbocycles. The number of anilines is 1. The van der Waals surface area contributed by atoms with Gasteiger partial charge in [0, 0.05) is 36.8 Å². The molecule has 0 bridgehead atoms. The summed E-state index contributed by atoms with van der Waals surface area (Å²) >= 11 is 0. The summed E-state index contributed by atoms with van der Waals surface area (Å²) in [5.74, 6) is 2.19. The number of nitrogens with one attached hydrogen (secondary N) is 1. The molecule has 4 nitrogen and oxygen atoms in total. The van der Waals surface area contributed by atoms with Crippen LogP contribution in [-0.4, -0.2) is 21.5 Å². The van der Waals surface area contributed by atoms with Crippen LogP contribution in [0.4, 0.5) is 5.82 Å². The van der Waals surface area contributed by atoms with Gasteiger partial charge >= 0.3 is 0 Å². The Labute approximate surface area is 127 Å². The summed E-state index contributed by atoms with van der Waals surface area (Å²) in [4.78, 5) is 13.6. The van der Waals surface area contributed by atoms with Crippen molar-refractivity contribution in [2.45, 2.75) is 46.5 Å². The normalized spacial score (nSPS) is 10.9. The molecule has 0 aliphatic carbocycles. The lowest BCUT2D eigenvalue weighted by molar-refractivity contribution is 0.756. The molecule has 0 unspecified atom stereocenters. The highest BCUT2D eigenvalue weighted by molar-refractivity contribution is 5.47. The number of rotatable bonds is 6. The number of hydrogen-bond donors (Lipinski definition) is 1. The first-order valence-corrected chi connectivity index (χ1v) is 7.62. The Morgan fingerprint density at radius 3 is 2.67 bits per heavy atom. The Hall–Kier alpha value is -1.97. The van der Waals surface area contributed by atoms with Crippen LogP contribution < -0.4 is 5.32 Å². The lowest BCUT2D eigenvalue weighted by Gasteiger charge is -2.15. The lowest BCUT2D eigenvalue weighted by atomic mass is 10.1. The van der Waals surface area contributed by atoms with Gasteiger partial charge in [-0.05, 0) is 25.0 Å². The first-order chi connectivity index (χ1) is 10.1. The fraction of sp³-hybridized carbons (Fsp3) is 0.471. The van der Waals surface area contributed by atoms with Gasteiger partial charge in [0.05, 0.1) is 5.69 Å². The van der Waals surface area contributed by atoms with Gasteiger partial charge in [-0.15, -0.1) is 0 Å². The molecule has 4 heteroatoms. The van der Waals surface area contributed by atoms with Crippen molar-refractivity contribution in [3.63, 3.8) is 0 Å². The van der Waals surface area contributed by atoms with Crippen molar-refractivity contribution in [2.75, 3.05) is 11.9 Å². The van der Waals surface area contributed by atoms with Crippen molar-refractivity contribution in [1.29, 1.82) is 0 Å². The maximum absolute atomic E-state index is 4.76. The molecule has 0 saturated heterocycles. The van der Waals surface area contributed by atoms with Crippen LogP contribution in [0.15, 0.2) is 24.5 Å². The van der Waals surface area contributed by atoms with Gasteiger partial charge in [-0.2, -0.15) is 0 Å². The SMILES string of the molecule is CCCNc1nc(C(C)C)nc(Cc2cccnc2)c1C. The Bertz CT molecular complexity index is 579. The fourth-order valence-corrected chi connectivity index (χ4v) is 2.12. The van der Waals surface area contributed by atoms with E-state index in [9.17, 15) is 0 Å². The van der Waals surface area contributed by atoms with Gasteiger partial charge in [0.1, 0.15) is 11.6 Å². The molecule has 0 spiro atoms. The first-order valence-electron chi connectivity index (χ1n) is 7.62. The van der Waals surface area contributed by atoms with Gasteiger partial charge in [-0.1, -0.05) is 26.8 Å². The summed E-state index contributed by atoms with van der Waals surface area (Å²) in [6.45, 7) is 9.43. The second kappa shape index (κ2) is 7.16. The highest BCUT2D eigenvalue weighted by Crippen LogP contribution is 2.21. The largest absolute Gasteiger partial charge is 0.370 e. The first kappa shape index (κ1) is 15.4. The Morgan fingerprint density at radius 1 is 1.24 bits per heavy atom. The Morgan fingerprint density at radius 2 is 2.05 bits per heavy atom. The molecule has 1 N–H and O–H groups in total. The highest BCUT2D eigenvalue weighted by atomic mass is 15.0. The number of nitrogens with zero attached hydrogens (tertiary/aromatic N) is 3. The van der Waals surface area contributed by atoms with Crippen molar-refractivity contribution in [3.05, 3.63) is 47.2 Å². The molecule has 0 aliphatic heterocycles. The van der Waals surface area contributed by atoms with Crippen LogP contribution in [0, 0.1) is 6.92 Å². The standard InChI is InChI=1S/C17H24N4/c1-5-8-19-17-13(4)15(20-16(21-17)12(2)3)10-14-7-6-9-18-11-14/h6-7,9,11-12H,5,8,10H2,1-4H3,(H,19,20,21). The predicted octanol–water partition coefficient (Wildman–Crippen LogP) is 3.72. The van der Waals surface area contributed by atoms with Crippen molar-refractivity contribution in [3.8, 4) is 0 Å². The lowest BCUT2D eigenvalue weighted by Crippen LogP contribution is -2.11. The summed E-state index contributed by atoms with van der Waals surface area (Å²) < 4.78 is 0. The summed E-state index contributed by atoms with van der Waals surface area (Å²) in [5.41, 5.74) is 3.40. The summed E-state index contributed by atoms with van der Waals surface area (Å²) in [6.07, 6.45) is 5.57. The zero-order valence-corrected chi connectivity index (χ0v) is 13.3. The van der Waals surface area contributed by atoms with Crippen LogP contribution in [0.5, 0.6) is 0 Å². The maximum Gasteiger partial charge on any atom is 0.133 e. The minimum Gasteiger partial charge on any atom is -0.370 e. The molecule has 2 heterocycles. The van der Waals surface area contributed by atoms with E-state index in [4.69, 9.17) is 4.98 Å². The number of pyridine rings is 1. The predicted molar refractivity (Wildman–Crippen MR) is 86.7 cm³/mol.